The van der Waals surface area contributed by atoms with Crippen LogP contribution in [0.5, 0.6) is 0 Å². The number of nitrogens with zero attached hydrogens (tertiary/aromatic N) is 1. The average molecular weight is 476 g/mol. The van der Waals surface area contributed by atoms with Gasteiger partial charge in [0.05, 0.1) is 12.7 Å². The topological polar surface area (TPSA) is 255 Å². The van der Waals surface area contributed by atoms with E-state index < -0.39 is 60.6 Å². The lowest BCUT2D eigenvalue weighted by Crippen LogP contribution is -2.58. The number of aliphatic imine (C=N–C) groups is 1. The van der Waals surface area contributed by atoms with Gasteiger partial charge in [-0.3, -0.25) is 19.4 Å². The fourth-order valence-electron chi connectivity index (χ4n) is 2.75. The van der Waals surface area contributed by atoms with Crippen LogP contribution in [-0.2, 0) is 19.2 Å². The van der Waals surface area contributed by atoms with E-state index in [4.69, 9.17) is 22.3 Å². The van der Waals surface area contributed by atoms with E-state index in [1.807, 2.05) is 0 Å². The number of carbonyl (C=O) groups is 4. The van der Waals surface area contributed by atoms with Crippen LogP contribution >= 0.6 is 0 Å². The summed E-state index contributed by atoms with van der Waals surface area (Å²) in [7, 11) is 0. The standard InChI is InChI=1S/C19H37N7O7/c1-9(2)7-13(17(31)26-14(10(3)28)18(32)33)25-16(30)12(5-4-6-23-19(21)22)24-15(29)11(20)8-27/h9-14,27-28H,4-8,20H2,1-3H3,(H,24,29)(H,25,30)(H,26,31)(H,32,33)(H4,21,22,23). The van der Waals surface area contributed by atoms with Gasteiger partial charge in [0.2, 0.25) is 17.7 Å². The largest absolute Gasteiger partial charge is 0.480 e. The SMILES string of the molecule is CC(C)CC(NC(=O)C(CCCN=C(N)N)NC(=O)C(N)CO)C(=O)NC(C(=O)O)C(C)O. The van der Waals surface area contributed by atoms with Gasteiger partial charge in [0.1, 0.15) is 18.1 Å². The molecule has 0 heterocycles. The Morgan fingerprint density at radius 1 is 0.939 bits per heavy atom. The highest BCUT2D eigenvalue weighted by atomic mass is 16.4. The number of hydrogen-bond donors (Lipinski definition) is 9. The zero-order chi connectivity index (χ0) is 25.7. The molecule has 0 aromatic heterocycles. The number of rotatable bonds is 15. The van der Waals surface area contributed by atoms with Crippen molar-refractivity contribution < 1.29 is 34.5 Å². The molecule has 3 amide bonds. The van der Waals surface area contributed by atoms with Gasteiger partial charge in [-0.1, -0.05) is 13.8 Å². The van der Waals surface area contributed by atoms with Crippen molar-refractivity contribution in [1.82, 2.24) is 16.0 Å². The van der Waals surface area contributed by atoms with Gasteiger partial charge in [0.25, 0.3) is 0 Å². The predicted molar refractivity (Wildman–Crippen MR) is 120 cm³/mol. The molecule has 190 valence electrons. The second-order valence-electron chi connectivity index (χ2n) is 8.05. The third-order valence-corrected chi connectivity index (χ3v) is 4.50. The van der Waals surface area contributed by atoms with Gasteiger partial charge in [-0.05, 0) is 32.1 Å². The van der Waals surface area contributed by atoms with Crippen molar-refractivity contribution >= 4 is 29.7 Å². The van der Waals surface area contributed by atoms with Crippen LogP contribution in [0, 0.1) is 5.92 Å². The molecular formula is C19H37N7O7. The first kappa shape index (κ1) is 30.0. The Bertz CT molecular complexity index is 696. The number of aliphatic hydroxyl groups is 2. The lowest BCUT2D eigenvalue weighted by atomic mass is 10.0. The molecule has 5 unspecified atom stereocenters. The van der Waals surface area contributed by atoms with E-state index in [9.17, 15) is 29.4 Å². The highest BCUT2D eigenvalue weighted by Gasteiger charge is 2.32. The van der Waals surface area contributed by atoms with Crippen LogP contribution in [0.3, 0.4) is 0 Å². The van der Waals surface area contributed by atoms with E-state index >= 15 is 0 Å². The zero-order valence-electron chi connectivity index (χ0n) is 19.2. The number of carboxylic acid groups (broad SMARTS) is 1. The molecule has 0 fully saturated rings. The molecule has 0 rings (SSSR count). The van der Waals surface area contributed by atoms with Crippen molar-refractivity contribution in [3.8, 4) is 0 Å². The Morgan fingerprint density at radius 3 is 1.94 bits per heavy atom. The second kappa shape index (κ2) is 15.0. The van der Waals surface area contributed by atoms with Crippen LogP contribution < -0.4 is 33.2 Å². The summed E-state index contributed by atoms with van der Waals surface area (Å²) in [6.07, 6.45) is -0.818. The zero-order valence-corrected chi connectivity index (χ0v) is 19.2. The molecule has 5 atom stereocenters. The summed E-state index contributed by atoms with van der Waals surface area (Å²) in [6, 6.07) is -5.09. The molecule has 0 aromatic carbocycles. The van der Waals surface area contributed by atoms with Gasteiger partial charge in [0.15, 0.2) is 12.0 Å². The number of hydrogen-bond acceptors (Lipinski definition) is 8. The molecule has 14 heteroatoms. The average Bonchev–Trinajstić information content (AvgIpc) is 2.71. The van der Waals surface area contributed by atoms with Gasteiger partial charge < -0.3 is 48.5 Å². The highest BCUT2D eigenvalue weighted by Crippen LogP contribution is 2.08. The molecular weight excluding hydrogens is 438 g/mol. The third-order valence-electron chi connectivity index (χ3n) is 4.50. The number of guanidine groups is 1. The quantitative estimate of drug-likeness (QED) is 0.0636. The molecule has 14 nitrogen and oxygen atoms in total. The summed E-state index contributed by atoms with van der Waals surface area (Å²) < 4.78 is 0. The third kappa shape index (κ3) is 12.0. The van der Waals surface area contributed by atoms with Gasteiger partial charge in [-0.25, -0.2) is 4.79 Å². The van der Waals surface area contributed by atoms with Crippen molar-refractivity contribution in [2.45, 2.75) is 70.3 Å². The molecule has 12 N–H and O–H groups in total. The summed E-state index contributed by atoms with van der Waals surface area (Å²) in [5.41, 5.74) is 16.0. The predicted octanol–water partition coefficient (Wildman–Crippen LogP) is -3.67. The van der Waals surface area contributed by atoms with E-state index in [1.165, 1.54) is 6.92 Å². The molecule has 0 aliphatic rings. The molecule has 0 aromatic rings. The van der Waals surface area contributed by atoms with Crippen LogP contribution in [0.1, 0.15) is 40.0 Å². The maximum atomic E-state index is 12.9. The minimum absolute atomic E-state index is 0.0615. The number of amides is 3. The first-order valence-corrected chi connectivity index (χ1v) is 10.5. The van der Waals surface area contributed by atoms with Crippen molar-refractivity contribution in [3.63, 3.8) is 0 Å². The molecule has 0 aliphatic heterocycles. The maximum absolute atomic E-state index is 12.9. The lowest BCUT2D eigenvalue weighted by Gasteiger charge is -2.26. The van der Waals surface area contributed by atoms with E-state index in [0.717, 1.165) is 0 Å². The Labute approximate surface area is 192 Å². The molecule has 0 radical (unpaired) electrons. The molecule has 0 saturated carbocycles. The molecule has 0 saturated heterocycles. The molecule has 0 spiro atoms. The maximum Gasteiger partial charge on any atom is 0.328 e. The fourth-order valence-corrected chi connectivity index (χ4v) is 2.75. The Morgan fingerprint density at radius 2 is 1.48 bits per heavy atom. The number of aliphatic hydroxyl groups excluding tert-OH is 2. The normalized spacial score (nSPS) is 15.5. The van der Waals surface area contributed by atoms with E-state index in [1.54, 1.807) is 13.8 Å². The number of nitrogens with one attached hydrogen (secondary N) is 3. The van der Waals surface area contributed by atoms with E-state index in [0.29, 0.717) is 6.42 Å². The van der Waals surface area contributed by atoms with Gasteiger partial charge in [-0.2, -0.15) is 0 Å². The monoisotopic (exact) mass is 475 g/mol. The smallest absolute Gasteiger partial charge is 0.328 e. The Hall–Kier alpha value is -2.97. The van der Waals surface area contributed by atoms with Gasteiger partial charge in [0, 0.05) is 6.54 Å². The van der Waals surface area contributed by atoms with E-state index in [2.05, 4.69) is 20.9 Å². The first-order valence-electron chi connectivity index (χ1n) is 10.5. The van der Waals surface area contributed by atoms with Crippen LogP contribution in [0.15, 0.2) is 4.99 Å². The number of aliphatic carboxylic acids is 1. The minimum atomic E-state index is -1.57. The minimum Gasteiger partial charge on any atom is -0.480 e. The van der Waals surface area contributed by atoms with Crippen molar-refractivity contribution in [2.75, 3.05) is 13.2 Å². The molecule has 0 bridgehead atoms. The fraction of sp³-hybridized carbons (Fsp3) is 0.737. The van der Waals surface area contributed by atoms with Crippen molar-refractivity contribution in [2.24, 2.45) is 28.1 Å². The summed E-state index contributed by atoms with van der Waals surface area (Å²) >= 11 is 0. The Kier molecular flexibility index (Phi) is 13.6. The summed E-state index contributed by atoms with van der Waals surface area (Å²) in [5, 5.41) is 35.0. The van der Waals surface area contributed by atoms with Gasteiger partial charge >= 0.3 is 5.97 Å². The van der Waals surface area contributed by atoms with Gasteiger partial charge in [-0.15, -0.1) is 0 Å². The van der Waals surface area contributed by atoms with Crippen LogP contribution in [0.4, 0.5) is 0 Å². The van der Waals surface area contributed by atoms with Crippen LogP contribution in [0.25, 0.3) is 0 Å². The van der Waals surface area contributed by atoms with Crippen LogP contribution in [0.2, 0.25) is 0 Å². The van der Waals surface area contributed by atoms with E-state index in [-0.39, 0.29) is 31.3 Å². The Balaban J connectivity index is 5.52. The lowest BCUT2D eigenvalue weighted by molar-refractivity contribution is -0.145. The first-order chi connectivity index (χ1) is 15.3. The molecule has 33 heavy (non-hydrogen) atoms. The van der Waals surface area contributed by atoms with Crippen molar-refractivity contribution in [1.29, 1.82) is 0 Å². The second-order valence-corrected chi connectivity index (χ2v) is 8.05. The number of carboxylic acids is 1. The highest BCUT2D eigenvalue weighted by molar-refractivity contribution is 5.94. The van der Waals surface area contributed by atoms with Crippen LogP contribution in [-0.4, -0.2) is 88.4 Å². The number of nitrogens with two attached hydrogens (primary N) is 3. The summed E-state index contributed by atoms with van der Waals surface area (Å²) in [6.45, 7) is 4.35. The molecule has 0 aliphatic carbocycles. The number of carbonyl (C=O) groups excluding carboxylic acids is 3. The van der Waals surface area contributed by atoms with Crippen molar-refractivity contribution in [3.05, 3.63) is 0 Å². The summed E-state index contributed by atoms with van der Waals surface area (Å²) in [4.78, 5) is 52.8. The summed E-state index contributed by atoms with van der Waals surface area (Å²) in [5.74, 6) is -3.93.